The Morgan fingerprint density at radius 2 is 2.32 bits per heavy atom. The van der Waals surface area contributed by atoms with Crippen LogP contribution >= 0.6 is 0 Å². The van der Waals surface area contributed by atoms with Crippen LogP contribution in [0.25, 0.3) is 0 Å². The Balaban J connectivity index is 1.94. The zero-order valence-corrected chi connectivity index (χ0v) is 12.6. The average Bonchev–Trinajstić information content (AvgIpc) is 2.83. The molecular weight excluding hydrogens is 278 g/mol. The van der Waals surface area contributed by atoms with Crippen molar-refractivity contribution < 1.29 is 4.74 Å². The minimum atomic E-state index is 0.360. The second-order valence-electron chi connectivity index (χ2n) is 4.87. The quantitative estimate of drug-likeness (QED) is 0.628. The number of aromatic nitrogens is 2. The van der Waals surface area contributed by atoms with Gasteiger partial charge in [0.05, 0.1) is 30.8 Å². The van der Waals surface area contributed by atoms with Crippen molar-refractivity contribution in [3.8, 4) is 11.8 Å². The minimum absolute atomic E-state index is 0.360. The van der Waals surface area contributed by atoms with Crippen molar-refractivity contribution in [1.82, 2.24) is 9.66 Å². The number of nitrogen functional groups attached to an aromatic ring is 1. The molecule has 6 heteroatoms. The number of aryl methyl sites for hydroxylation is 1. The van der Waals surface area contributed by atoms with Gasteiger partial charge in [0, 0.05) is 6.42 Å². The Bertz CT molecular complexity index is 684. The summed E-state index contributed by atoms with van der Waals surface area (Å²) in [5, 5.41) is 12.7. The lowest BCUT2D eigenvalue weighted by Crippen LogP contribution is -1.98. The van der Waals surface area contributed by atoms with E-state index in [1.54, 1.807) is 12.4 Å². The third-order valence-corrected chi connectivity index (χ3v) is 2.98. The van der Waals surface area contributed by atoms with Crippen LogP contribution in [0.4, 0.5) is 5.95 Å². The third-order valence-electron chi connectivity index (χ3n) is 2.98. The zero-order valence-electron chi connectivity index (χ0n) is 12.6. The van der Waals surface area contributed by atoms with E-state index in [4.69, 9.17) is 15.7 Å². The maximum absolute atomic E-state index is 8.47. The van der Waals surface area contributed by atoms with Gasteiger partial charge < -0.3 is 10.5 Å². The second kappa shape index (κ2) is 7.84. The first-order chi connectivity index (χ1) is 10.7. The highest BCUT2D eigenvalue weighted by Crippen LogP contribution is 2.13. The van der Waals surface area contributed by atoms with Gasteiger partial charge in [-0.2, -0.15) is 10.4 Å². The van der Waals surface area contributed by atoms with Gasteiger partial charge in [0.15, 0.2) is 0 Å². The lowest BCUT2D eigenvalue weighted by Gasteiger charge is -2.05. The van der Waals surface area contributed by atoms with Gasteiger partial charge in [-0.25, -0.2) is 9.66 Å². The van der Waals surface area contributed by atoms with Crippen molar-refractivity contribution in [2.24, 2.45) is 5.10 Å². The molecule has 0 aliphatic carbocycles. The van der Waals surface area contributed by atoms with E-state index in [2.05, 4.69) is 16.2 Å². The Morgan fingerprint density at radius 3 is 3.05 bits per heavy atom. The lowest BCUT2D eigenvalue weighted by atomic mass is 10.2. The summed E-state index contributed by atoms with van der Waals surface area (Å²) >= 11 is 0. The topological polar surface area (TPSA) is 89.2 Å². The summed E-state index contributed by atoms with van der Waals surface area (Å²) in [5.41, 5.74) is 7.47. The maximum Gasteiger partial charge on any atom is 0.221 e. The maximum atomic E-state index is 8.47. The number of unbranched alkanes of at least 4 members (excludes halogenated alkanes) is 2. The minimum Gasteiger partial charge on any atom is -0.494 e. The summed E-state index contributed by atoms with van der Waals surface area (Å²) in [6.07, 6.45) is 5.77. The first kappa shape index (κ1) is 15.6. The normalized spacial score (nSPS) is 10.7. The molecule has 0 radical (unpaired) electrons. The number of nitrogens with two attached hydrogens (primary N) is 1. The molecule has 6 nitrogen and oxygen atoms in total. The molecule has 2 aromatic rings. The van der Waals surface area contributed by atoms with E-state index in [1.165, 1.54) is 4.68 Å². The number of hydrogen-bond donors (Lipinski definition) is 1. The number of imidazole rings is 1. The summed E-state index contributed by atoms with van der Waals surface area (Å²) in [6, 6.07) is 9.78. The van der Waals surface area contributed by atoms with E-state index in [1.807, 2.05) is 31.2 Å². The molecule has 0 unspecified atom stereocenters. The Labute approximate surface area is 129 Å². The largest absolute Gasteiger partial charge is 0.494 e. The molecule has 0 saturated carbocycles. The number of hydrogen-bond acceptors (Lipinski definition) is 5. The predicted molar refractivity (Wildman–Crippen MR) is 85.8 cm³/mol. The van der Waals surface area contributed by atoms with Gasteiger partial charge in [-0.1, -0.05) is 12.1 Å². The Kier molecular flexibility index (Phi) is 5.55. The summed E-state index contributed by atoms with van der Waals surface area (Å²) in [6.45, 7) is 2.47. The highest BCUT2D eigenvalue weighted by Gasteiger charge is 1.99. The summed E-state index contributed by atoms with van der Waals surface area (Å²) in [4.78, 5) is 4.09. The second-order valence-corrected chi connectivity index (χ2v) is 4.87. The molecule has 0 aliphatic rings. The monoisotopic (exact) mass is 297 g/mol. The third kappa shape index (κ3) is 4.63. The molecule has 0 atom stereocenters. The Hall–Kier alpha value is -2.81. The van der Waals surface area contributed by atoms with Crippen molar-refractivity contribution in [2.75, 3.05) is 12.3 Å². The molecule has 0 fully saturated rings. The van der Waals surface area contributed by atoms with Gasteiger partial charge in [0.25, 0.3) is 0 Å². The van der Waals surface area contributed by atoms with E-state index in [9.17, 15) is 0 Å². The number of nitriles is 1. The molecule has 1 aromatic carbocycles. The van der Waals surface area contributed by atoms with Crippen LogP contribution < -0.4 is 10.5 Å². The van der Waals surface area contributed by atoms with Gasteiger partial charge in [-0.05, 0) is 37.5 Å². The van der Waals surface area contributed by atoms with Gasteiger partial charge in [0.1, 0.15) is 5.75 Å². The fourth-order valence-corrected chi connectivity index (χ4v) is 1.91. The van der Waals surface area contributed by atoms with E-state index in [0.717, 1.165) is 29.8 Å². The van der Waals surface area contributed by atoms with Crippen LogP contribution in [0.5, 0.6) is 5.75 Å². The van der Waals surface area contributed by atoms with E-state index < -0.39 is 0 Å². The molecule has 114 valence electrons. The van der Waals surface area contributed by atoms with E-state index in [-0.39, 0.29) is 0 Å². The molecule has 0 bridgehead atoms. The molecule has 2 N–H and O–H groups in total. The van der Waals surface area contributed by atoms with Crippen molar-refractivity contribution in [2.45, 2.75) is 26.2 Å². The van der Waals surface area contributed by atoms with Crippen molar-refractivity contribution in [3.63, 3.8) is 0 Å². The van der Waals surface area contributed by atoms with E-state index in [0.29, 0.717) is 19.0 Å². The van der Waals surface area contributed by atoms with Crippen LogP contribution in [0, 0.1) is 18.3 Å². The summed E-state index contributed by atoms with van der Waals surface area (Å²) in [5.74, 6) is 1.15. The van der Waals surface area contributed by atoms with E-state index >= 15 is 0 Å². The molecule has 0 amide bonds. The number of anilines is 1. The first-order valence-corrected chi connectivity index (χ1v) is 7.14. The predicted octanol–water partition coefficient (Wildman–Crippen LogP) is 2.73. The summed E-state index contributed by atoms with van der Waals surface area (Å²) < 4.78 is 7.19. The number of rotatable bonds is 7. The van der Waals surface area contributed by atoms with Crippen LogP contribution in [0.3, 0.4) is 0 Å². The SMILES string of the molecule is Cc1cn(N=Cc2cccc(OCCCCC#N)c2)c(N)n1. The fraction of sp³-hybridized carbons (Fsp3) is 0.312. The highest BCUT2D eigenvalue weighted by atomic mass is 16.5. The molecule has 0 spiro atoms. The van der Waals surface area contributed by atoms with Crippen molar-refractivity contribution in [3.05, 3.63) is 41.7 Å². The molecule has 0 aliphatic heterocycles. The first-order valence-electron chi connectivity index (χ1n) is 7.14. The smallest absolute Gasteiger partial charge is 0.221 e. The molecule has 22 heavy (non-hydrogen) atoms. The molecule has 2 rings (SSSR count). The number of ether oxygens (including phenoxy) is 1. The van der Waals surface area contributed by atoms with Crippen LogP contribution in [-0.2, 0) is 0 Å². The zero-order chi connectivity index (χ0) is 15.8. The molecule has 0 saturated heterocycles. The van der Waals surface area contributed by atoms with Gasteiger partial charge in [-0.3, -0.25) is 0 Å². The fourth-order valence-electron chi connectivity index (χ4n) is 1.91. The van der Waals surface area contributed by atoms with Crippen LogP contribution in [0.1, 0.15) is 30.5 Å². The van der Waals surface area contributed by atoms with Crippen LogP contribution in [0.15, 0.2) is 35.6 Å². The highest BCUT2D eigenvalue weighted by molar-refractivity contribution is 5.80. The van der Waals surface area contributed by atoms with Crippen LogP contribution in [0.2, 0.25) is 0 Å². The molecule has 1 aromatic heterocycles. The number of benzene rings is 1. The average molecular weight is 297 g/mol. The standard InChI is InChI=1S/C16H19N5O/c1-13-12-21(16(18)20-13)19-11-14-6-5-7-15(10-14)22-9-4-2-3-8-17/h5-7,10-12H,2-4,9H2,1H3,(H2,18,20). The van der Waals surface area contributed by atoms with Gasteiger partial charge in [-0.15, -0.1) is 0 Å². The summed E-state index contributed by atoms with van der Waals surface area (Å²) in [7, 11) is 0. The van der Waals surface area contributed by atoms with Crippen LogP contribution in [-0.4, -0.2) is 22.5 Å². The van der Waals surface area contributed by atoms with Gasteiger partial charge in [0.2, 0.25) is 5.95 Å². The lowest BCUT2D eigenvalue weighted by molar-refractivity contribution is 0.307. The van der Waals surface area contributed by atoms with Crippen molar-refractivity contribution in [1.29, 1.82) is 5.26 Å². The number of nitrogens with zero attached hydrogens (tertiary/aromatic N) is 4. The molecular formula is C16H19N5O. The molecule has 1 heterocycles. The van der Waals surface area contributed by atoms with Gasteiger partial charge >= 0.3 is 0 Å². The Morgan fingerprint density at radius 1 is 1.45 bits per heavy atom. The van der Waals surface area contributed by atoms with Crippen molar-refractivity contribution >= 4 is 12.2 Å².